The van der Waals surface area contributed by atoms with Crippen molar-refractivity contribution in [1.82, 2.24) is 0 Å². The van der Waals surface area contributed by atoms with Gasteiger partial charge in [-0.25, -0.2) is 0 Å². The number of carboxylic acids is 1. The smallest absolute Gasteiger partial charge is 0.426 e. The lowest BCUT2D eigenvalue weighted by molar-refractivity contribution is -0.234. The Bertz CT molecular complexity index is 529. The fraction of sp³-hybridized carbons (Fsp3) is 0.417. The van der Waals surface area contributed by atoms with Gasteiger partial charge < -0.3 is 9.84 Å². The molecule has 1 aliphatic rings. The fourth-order valence-electron chi connectivity index (χ4n) is 2.16. The Kier molecular flexibility index (Phi) is 3.16. The Morgan fingerprint density at radius 3 is 2.68 bits per heavy atom. The summed E-state index contributed by atoms with van der Waals surface area (Å²) in [6.07, 6.45) is -7.43. The van der Waals surface area contributed by atoms with E-state index in [0.29, 0.717) is 10.6 Å². The molecule has 19 heavy (non-hydrogen) atoms. The van der Waals surface area contributed by atoms with Crippen LogP contribution in [0.2, 0.25) is 5.02 Å². The number of hydrogen-bond acceptors (Lipinski definition) is 2. The predicted molar refractivity (Wildman–Crippen MR) is 61.4 cm³/mol. The van der Waals surface area contributed by atoms with Crippen molar-refractivity contribution in [2.45, 2.75) is 25.6 Å². The van der Waals surface area contributed by atoms with Crippen molar-refractivity contribution in [3.05, 3.63) is 28.8 Å². The average Bonchev–Trinajstić information content (AvgIpc) is 2.26. The molecule has 2 atom stereocenters. The van der Waals surface area contributed by atoms with E-state index in [1.807, 2.05) is 0 Å². The van der Waals surface area contributed by atoms with Crippen molar-refractivity contribution >= 4 is 17.6 Å². The summed E-state index contributed by atoms with van der Waals surface area (Å²) in [5.74, 6) is -1.54. The van der Waals surface area contributed by atoms with E-state index in [9.17, 15) is 18.0 Å². The van der Waals surface area contributed by atoms with Gasteiger partial charge in [0.2, 0.25) is 6.10 Å². The highest BCUT2D eigenvalue weighted by Gasteiger charge is 2.59. The molecule has 0 radical (unpaired) electrons. The molecule has 1 heterocycles. The highest BCUT2D eigenvalue weighted by Crippen LogP contribution is 2.45. The van der Waals surface area contributed by atoms with Gasteiger partial charge in [0.25, 0.3) is 0 Å². The van der Waals surface area contributed by atoms with Gasteiger partial charge in [-0.2, -0.15) is 13.2 Å². The molecule has 1 aromatic carbocycles. The quantitative estimate of drug-likeness (QED) is 0.864. The van der Waals surface area contributed by atoms with Gasteiger partial charge in [-0.3, -0.25) is 4.79 Å². The van der Waals surface area contributed by atoms with Gasteiger partial charge in [0, 0.05) is 5.02 Å². The molecule has 2 unspecified atom stereocenters. The molecule has 0 bridgehead atoms. The minimum absolute atomic E-state index is 0.0189. The van der Waals surface area contributed by atoms with Gasteiger partial charge in [0.1, 0.15) is 11.2 Å². The summed E-state index contributed by atoms with van der Waals surface area (Å²) in [7, 11) is 0. The Labute approximate surface area is 111 Å². The van der Waals surface area contributed by atoms with Crippen LogP contribution in [0.5, 0.6) is 5.75 Å². The standard InChI is InChI=1S/C12H10ClF3O3/c1-11(10(17)18)5-6-4-7(13)2-3-8(6)19-9(11)12(14,15)16/h2-4,9H,5H2,1H3,(H,17,18). The maximum Gasteiger partial charge on any atom is 0.426 e. The molecule has 2 rings (SSSR count). The number of ether oxygens (including phenoxy) is 1. The van der Waals surface area contributed by atoms with E-state index < -0.39 is 23.7 Å². The lowest BCUT2D eigenvalue weighted by Crippen LogP contribution is -2.55. The predicted octanol–water partition coefficient (Wildman–Crippen LogP) is 3.30. The molecule has 0 saturated carbocycles. The molecule has 104 valence electrons. The molecule has 0 saturated heterocycles. The highest BCUT2D eigenvalue weighted by atomic mass is 35.5. The summed E-state index contributed by atoms with van der Waals surface area (Å²) in [5, 5.41) is 9.43. The summed E-state index contributed by atoms with van der Waals surface area (Å²) in [5.41, 5.74) is -1.71. The first-order valence-corrected chi connectivity index (χ1v) is 5.77. The van der Waals surface area contributed by atoms with Crippen LogP contribution in [0.15, 0.2) is 18.2 Å². The van der Waals surface area contributed by atoms with Crippen LogP contribution >= 0.6 is 11.6 Å². The van der Waals surface area contributed by atoms with Gasteiger partial charge in [-0.05, 0) is 37.1 Å². The molecule has 1 aliphatic heterocycles. The van der Waals surface area contributed by atoms with Gasteiger partial charge >= 0.3 is 12.1 Å². The zero-order chi connectivity index (χ0) is 14.4. The third kappa shape index (κ3) is 2.36. The minimum atomic E-state index is -4.76. The van der Waals surface area contributed by atoms with E-state index in [2.05, 4.69) is 0 Å². The van der Waals surface area contributed by atoms with Crippen molar-refractivity contribution in [2.75, 3.05) is 0 Å². The van der Waals surface area contributed by atoms with Gasteiger partial charge in [-0.1, -0.05) is 11.6 Å². The fourth-order valence-corrected chi connectivity index (χ4v) is 2.36. The molecule has 0 aromatic heterocycles. The summed E-state index contributed by atoms with van der Waals surface area (Å²) in [6, 6.07) is 4.14. The molecule has 0 amide bonds. The Morgan fingerprint density at radius 2 is 2.16 bits per heavy atom. The number of rotatable bonds is 1. The van der Waals surface area contributed by atoms with Crippen LogP contribution in [0.25, 0.3) is 0 Å². The van der Waals surface area contributed by atoms with Crippen LogP contribution in [-0.2, 0) is 11.2 Å². The SMILES string of the molecule is CC1(C(=O)O)Cc2cc(Cl)ccc2OC1C(F)(F)F. The largest absolute Gasteiger partial charge is 0.481 e. The number of benzene rings is 1. The molecule has 0 aliphatic carbocycles. The zero-order valence-electron chi connectivity index (χ0n) is 9.79. The van der Waals surface area contributed by atoms with Crippen molar-refractivity contribution in [3.8, 4) is 5.75 Å². The van der Waals surface area contributed by atoms with E-state index in [4.69, 9.17) is 21.4 Å². The summed E-state index contributed by atoms with van der Waals surface area (Å²) in [4.78, 5) is 11.2. The van der Waals surface area contributed by atoms with Crippen LogP contribution in [0.4, 0.5) is 13.2 Å². The van der Waals surface area contributed by atoms with Crippen LogP contribution < -0.4 is 4.74 Å². The molecule has 1 N–H and O–H groups in total. The second kappa shape index (κ2) is 4.30. The molecular formula is C12H10ClF3O3. The molecular weight excluding hydrogens is 285 g/mol. The number of alkyl halides is 3. The summed E-state index contributed by atoms with van der Waals surface area (Å²) < 4.78 is 43.7. The van der Waals surface area contributed by atoms with Crippen LogP contribution in [0, 0.1) is 5.41 Å². The van der Waals surface area contributed by atoms with Gasteiger partial charge in [0.15, 0.2) is 0 Å². The molecule has 7 heteroatoms. The van der Waals surface area contributed by atoms with Gasteiger partial charge in [-0.15, -0.1) is 0 Å². The second-order valence-electron chi connectivity index (χ2n) is 4.69. The lowest BCUT2D eigenvalue weighted by Gasteiger charge is -2.39. The number of fused-ring (bicyclic) bond motifs is 1. The third-order valence-electron chi connectivity index (χ3n) is 3.19. The second-order valence-corrected chi connectivity index (χ2v) is 5.13. The third-order valence-corrected chi connectivity index (χ3v) is 3.42. The minimum Gasteiger partial charge on any atom is -0.481 e. The Morgan fingerprint density at radius 1 is 1.53 bits per heavy atom. The summed E-state index contributed by atoms with van der Waals surface area (Å²) >= 11 is 5.75. The summed E-state index contributed by atoms with van der Waals surface area (Å²) in [6.45, 7) is 1.03. The lowest BCUT2D eigenvalue weighted by atomic mass is 9.76. The number of aliphatic carboxylic acids is 1. The van der Waals surface area contributed by atoms with E-state index in [1.54, 1.807) is 0 Å². The van der Waals surface area contributed by atoms with Crippen molar-refractivity contribution in [3.63, 3.8) is 0 Å². The number of carboxylic acid groups (broad SMARTS) is 1. The van der Waals surface area contributed by atoms with Crippen molar-refractivity contribution in [2.24, 2.45) is 5.41 Å². The first-order valence-electron chi connectivity index (χ1n) is 5.40. The molecule has 3 nitrogen and oxygen atoms in total. The Hall–Kier alpha value is -1.43. The van der Waals surface area contributed by atoms with Crippen LogP contribution in [-0.4, -0.2) is 23.4 Å². The number of halogens is 4. The highest BCUT2D eigenvalue weighted by molar-refractivity contribution is 6.30. The van der Waals surface area contributed by atoms with E-state index in [-0.39, 0.29) is 12.2 Å². The molecule has 1 aromatic rings. The normalized spacial score (nSPS) is 26.5. The van der Waals surface area contributed by atoms with Crippen LogP contribution in [0.1, 0.15) is 12.5 Å². The number of carbonyl (C=O) groups is 1. The van der Waals surface area contributed by atoms with Gasteiger partial charge in [0.05, 0.1) is 0 Å². The van der Waals surface area contributed by atoms with Crippen molar-refractivity contribution < 1.29 is 27.8 Å². The van der Waals surface area contributed by atoms with Crippen LogP contribution in [0.3, 0.4) is 0 Å². The maximum absolute atomic E-state index is 13.0. The Balaban J connectivity index is 2.52. The molecule has 0 fully saturated rings. The number of hydrogen-bond donors (Lipinski definition) is 1. The first-order chi connectivity index (χ1) is 8.64. The average molecular weight is 295 g/mol. The van der Waals surface area contributed by atoms with E-state index >= 15 is 0 Å². The van der Waals surface area contributed by atoms with E-state index in [1.165, 1.54) is 18.2 Å². The van der Waals surface area contributed by atoms with Crippen molar-refractivity contribution in [1.29, 1.82) is 0 Å². The first kappa shape index (κ1) is 14.0. The maximum atomic E-state index is 13.0. The molecule has 0 spiro atoms. The zero-order valence-corrected chi connectivity index (χ0v) is 10.5. The van der Waals surface area contributed by atoms with E-state index in [0.717, 1.165) is 6.92 Å². The topological polar surface area (TPSA) is 46.5 Å². The monoisotopic (exact) mass is 294 g/mol.